The summed E-state index contributed by atoms with van der Waals surface area (Å²) in [6.07, 6.45) is 4.37. The highest BCUT2D eigenvalue weighted by Gasteiger charge is 2.16. The van der Waals surface area contributed by atoms with Crippen LogP contribution in [0.1, 0.15) is 11.1 Å². The van der Waals surface area contributed by atoms with Gasteiger partial charge in [0.1, 0.15) is 0 Å². The summed E-state index contributed by atoms with van der Waals surface area (Å²) >= 11 is 0. The lowest BCUT2D eigenvalue weighted by Crippen LogP contribution is -2.09. The molecular weight excluding hydrogens is 869 g/mol. The quantitative estimate of drug-likeness (QED) is 0.113. The van der Waals surface area contributed by atoms with Gasteiger partial charge < -0.3 is 9.80 Å². The van der Waals surface area contributed by atoms with Gasteiger partial charge in [0.15, 0.2) is 0 Å². The molecule has 0 aliphatic rings. The Hall–Kier alpha value is -9.50. The molecule has 0 saturated carbocycles. The molecule has 0 aliphatic carbocycles. The molecule has 0 aromatic heterocycles. The van der Waals surface area contributed by atoms with Crippen molar-refractivity contribution < 1.29 is 0 Å². The van der Waals surface area contributed by atoms with E-state index in [2.05, 4.69) is 313 Å². The van der Waals surface area contributed by atoms with E-state index in [1.54, 1.807) is 0 Å². The molecule has 72 heavy (non-hydrogen) atoms. The molecule has 0 fully saturated rings. The van der Waals surface area contributed by atoms with Gasteiger partial charge in [0.05, 0.1) is 0 Å². The van der Waals surface area contributed by atoms with E-state index in [4.69, 9.17) is 0 Å². The maximum absolute atomic E-state index is 2.32. The van der Waals surface area contributed by atoms with Gasteiger partial charge in [0, 0.05) is 34.1 Å². The van der Waals surface area contributed by atoms with Crippen molar-refractivity contribution in [3.8, 4) is 44.5 Å². The Kier molecular flexibility index (Phi) is 12.1. The van der Waals surface area contributed by atoms with Gasteiger partial charge in [-0.05, 0) is 150 Å². The summed E-state index contributed by atoms with van der Waals surface area (Å²) in [5, 5.41) is 5.03. The minimum atomic E-state index is 1.11. The Morgan fingerprint density at radius 1 is 0.194 bits per heavy atom. The van der Waals surface area contributed by atoms with Crippen LogP contribution in [0.4, 0.5) is 34.1 Å². The maximum Gasteiger partial charge on any atom is 0.0462 e. The SMILES string of the molecule is C(=Cc1ccc(-c2ccc(N(c3ccccc3)c3ccc(-c4cccc5ccccc45)cc3)cc2)cc1)c1ccc(-c2ccc(N(c3ccccc3)c3ccc(-c4cccc5ccccc45)cc3)cc2)cc1. The number of anilines is 6. The molecule has 12 rings (SSSR count). The smallest absolute Gasteiger partial charge is 0.0462 e. The Morgan fingerprint density at radius 2 is 0.458 bits per heavy atom. The second-order valence-electron chi connectivity index (χ2n) is 18.2. The van der Waals surface area contributed by atoms with Crippen LogP contribution in [0.5, 0.6) is 0 Å². The number of hydrogen-bond acceptors (Lipinski definition) is 2. The van der Waals surface area contributed by atoms with E-state index in [-0.39, 0.29) is 0 Å². The van der Waals surface area contributed by atoms with Gasteiger partial charge in [-0.25, -0.2) is 0 Å². The van der Waals surface area contributed by atoms with Crippen molar-refractivity contribution in [2.24, 2.45) is 0 Å². The summed E-state index contributed by atoms with van der Waals surface area (Å²) in [5.41, 5.74) is 18.6. The Labute approximate surface area is 422 Å². The van der Waals surface area contributed by atoms with Crippen molar-refractivity contribution in [3.63, 3.8) is 0 Å². The Morgan fingerprint density at radius 3 is 0.806 bits per heavy atom. The summed E-state index contributed by atoms with van der Waals surface area (Å²) in [5.74, 6) is 0. The predicted octanol–water partition coefficient (Wildman–Crippen LogP) is 19.8. The summed E-state index contributed by atoms with van der Waals surface area (Å²) in [6.45, 7) is 0. The van der Waals surface area contributed by atoms with Crippen molar-refractivity contribution in [2.75, 3.05) is 9.80 Å². The molecule has 0 N–H and O–H groups in total. The molecule has 0 aliphatic heterocycles. The van der Waals surface area contributed by atoms with Crippen LogP contribution in [0.3, 0.4) is 0 Å². The van der Waals surface area contributed by atoms with Gasteiger partial charge in [-0.3, -0.25) is 0 Å². The van der Waals surface area contributed by atoms with Crippen LogP contribution in [0.25, 0.3) is 78.2 Å². The minimum absolute atomic E-state index is 1.11. The average Bonchev–Trinajstić information content (AvgIpc) is 3.46. The van der Waals surface area contributed by atoms with Crippen molar-refractivity contribution in [1.82, 2.24) is 0 Å². The number of fused-ring (bicyclic) bond motifs is 2. The first kappa shape index (κ1) is 43.8. The number of rotatable bonds is 12. The van der Waals surface area contributed by atoms with E-state index in [1.165, 1.54) is 66.1 Å². The molecule has 0 atom stereocenters. The zero-order valence-corrected chi connectivity index (χ0v) is 39.8. The lowest BCUT2D eigenvalue weighted by Gasteiger charge is -2.26. The van der Waals surface area contributed by atoms with Crippen LogP contribution in [-0.4, -0.2) is 0 Å². The molecule has 340 valence electrons. The third-order valence-electron chi connectivity index (χ3n) is 13.7. The molecule has 12 aromatic rings. The van der Waals surface area contributed by atoms with Crippen molar-refractivity contribution in [2.45, 2.75) is 0 Å². The number of para-hydroxylation sites is 2. The molecular formula is C70H50N2. The first-order valence-corrected chi connectivity index (χ1v) is 24.6. The molecule has 2 heteroatoms. The topological polar surface area (TPSA) is 6.48 Å². The summed E-state index contributed by atoms with van der Waals surface area (Å²) in [7, 11) is 0. The molecule has 0 heterocycles. The second-order valence-corrected chi connectivity index (χ2v) is 18.2. The largest absolute Gasteiger partial charge is 0.311 e. The first-order chi connectivity index (χ1) is 35.7. The molecule has 0 radical (unpaired) electrons. The standard InChI is InChI=1S/C70H50N2/c1-3-17-61(18-4-1)71(65-47-39-59(40-48-65)69-23-11-15-57-13-7-9-21-67(57)69)63-43-35-55(36-44-63)53-31-27-51(28-32-53)25-26-52-29-33-54(34-30-52)56-37-45-64(46-38-56)72(62-19-5-2-6-20-62)66-49-41-60(42-50-66)70-24-12-16-58-14-8-10-22-68(58)70/h1-50H. The number of benzene rings is 12. The molecule has 0 saturated heterocycles. The third kappa shape index (κ3) is 9.09. The normalized spacial score (nSPS) is 11.3. The monoisotopic (exact) mass is 918 g/mol. The molecule has 0 unspecified atom stereocenters. The lowest BCUT2D eigenvalue weighted by atomic mass is 9.98. The zero-order chi connectivity index (χ0) is 48.1. The van der Waals surface area contributed by atoms with E-state index >= 15 is 0 Å². The van der Waals surface area contributed by atoms with Crippen molar-refractivity contribution in [1.29, 1.82) is 0 Å². The van der Waals surface area contributed by atoms with Crippen LogP contribution < -0.4 is 9.80 Å². The average molecular weight is 919 g/mol. The van der Waals surface area contributed by atoms with Crippen LogP contribution in [0.15, 0.2) is 291 Å². The van der Waals surface area contributed by atoms with E-state index in [0.717, 1.165) is 45.3 Å². The highest BCUT2D eigenvalue weighted by atomic mass is 15.1. The molecule has 2 nitrogen and oxygen atoms in total. The van der Waals surface area contributed by atoms with Crippen molar-refractivity contribution >= 4 is 67.8 Å². The zero-order valence-electron chi connectivity index (χ0n) is 39.8. The van der Waals surface area contributed by atoms with Crippen LogP contribution in [0.2, 0.25) is 0 Å². The van der Waals surface area contributed by atoms with Gasteiger partial charge in [-0.15, -0.1) is 0 Å². The third-order valence-corrected chi connectivity index (χ3v) is 13.7. The fraction of sp³-hybridized carbons (Fsp3) is 0. The lowest BCUT2D eigenvalue weighted by molar-refractivity contribution is 1.28. The van der Waals surface area contributed by atoms with Crippen molar-refractivity contribution in [3.05, 3.63) is 302 Å². The molecule has 12 aromatic carbocycles. The second kappa shape index (κ2) is 19.8. The van der Waals surface area contributed by atoms with E-state index in [0.29, 0.717) is 0 Å². The summed E-state index contributed by atoms with van der Waals surface area (Å²) in [4.78, 5) is 4.64. The van der Waals surface area contributed by atoms with Gasteiger partial charge >= 0.3 is 0 Å². The Balaban J connectivity index is 0.721. The van der Waals surface area contributed by atoms with Crippen LogP contribution >= 0.6 is 0 Å². The molecule has 0 bridgehead atoms. The first-order valence-electron chi connectivity index (χ1n) is 24.6. The van der Waals surface area contributed by atoms with E-state index in [9.17, 15) is 0 Å². The predicted molar refractivity (Wildman–Crippen MR) is 308 cm³/mol. The fourth-order valence-corrected chi connectivity index (χ4v) is 9.95. The van der Waals surface area contributed by atoms with Crippen LogP contribution in [-0.2, 0) is 0 Å². The number of nitrogens with zero attached hydrogens (tertiary/aromatic N) is 2. The van der Waals surface area contributed by atoms with Gasteiger partial charge in [-0.2, -0.15) is 0 Å². The fourth-order valence-electron chi connectivity index (χ4n) is 9.95. The van der Waals surface area contributed by atoms with Gasteiger partial charge in [-0.1, -0.05) is 231 Å². The summed E-state index contributed by atoms with van der Waals surface area (Å²) in [6, 6.07) is 105. The highest BCUT2D eigenvalue weighted by Crippen LogP contribution is 2.40. The molecule has 0 spiro atoms. The van der Waals surface area contributed by atoms with Gasteiger partial charge in [0.2, 0.25) is 0 Å². The Bertz CT molecular complexity index is 3520. The van der Waals surface area contributed by atoms with E-state index < -0.39 is 0 Å². The molecule has 0 amide bonds. The van der Waals surface area contributed by atoms with Gasteiger partial charge in [0.25, 0.3) is 0 Å². The van der Waals surface area contributed by atoms with E-state index in [1.807, 2.05) is 0 Å². The number of hydrogen-bond donors (Lipinski definition) is 0. The maximum atomic E-state index is 2.32. The highest BCUT2D eigenvalue weighted by molar-refractivity contribution is 5.98. The minimum Gasteiger partial charge on any atom is -0.311 e. The van der Waals surface area contributed by atoms with Crippen LogP contribution in [0, 0.1) is 0 Å². The summed E-state index contributed by atoms with van der Waals surface area (Å²) < 4.78 is 0.